The van der Waals surface area contributed by atoms with Gasteiger partial charge in [0, 0.05) is 40.1 Å². The summed E-state index contributed by atoms with van der Waals surface area (Å²) >= 11 is 5.98. The largest absolute Gasteiger partial charge is 0.392 e. The summed E-state index contributed by atoms with van der Waals surface area (Å²) in [6, 6.07) is 6.28. The highest BCUT2D eigenvalue weighted by molar-refractivity contribution is 6.31. The van der Waals surface area contributed by atoms with Crippen LogP contribution in [0.5, 0.6) is 0 Å². The van der Waals surface area contributed by atoms with Gasteiger partial charge in [0.15, 0.2) is 0 Å². The lowest BCUT2D eigenvalue weighted by Crippen LogP contribution is -2.59. The maximum absolute atomic E-state index is 9.74. The third-order valence-electron chi connectivity index (χ3n) is 4.48. The number of hydrogen-bond acceptors (Lipinski definition) is 2. The number of fused-ring (bicyclic) bond motifs is 1. The Bertz CT molecular complexity index is 605. The molecular formula is C15H19ClN2O. The number of aromatic amines is 1. The van der Waals surface area contributed by atoms with E-state index in [2.05, 4.69) is 24.1 Å². The molecule has 0 aliphatic heterocycles. The van der Waals surface area contributed by atoms with E-state index >= 15 is 0 Å². The summed E-state index contributed by atoms with van der Waals surface area (Å²) in [4.78, 5) is 3.24. The standard InChI is InChI=1S/C15H19ClN2O/c1-15(2)13(6-14(15)19)18-8-9-7-17-12-5-10(16)3-4-11(9)12/h3-5,7,13-14,17-19H,6,8H2,1-2H3. The van der Waals surface area contributed by atoms with Crippen molar-refractivity contribution in [2.75, 3.05) is 0 Å². The van der Waals surface area contributed by atoms with Crippen molar-refractivity contribution < 1.29 is 5.11 Å². The molecule has 0 saturated heterocycles. The highest BCUT2D eigenvalue weighted by Crippen LogP contribution is 2.40. The molecule has 3 nitrogen and oxygen atoms in total. The van der Waals surface area contributed by atoms with Crippen molar-refractivity contribution in [3.63, 3.8) is 0 Å². The normalized spacial score (nSPS) is 25.5. The summed E-state index contributed by atoms with van der Waals surface area (Å²) in [5, 5.41) is 15.2. The third-order valence-corrected chi connectivity index (χ3v) is 4.72. The Labute approximate surface area is 118 Å². The highest BCUT2D eigenvalue weighted by atomic mass is 35.5. The molecule has 0 spiro atoms. The summed E-state index contributed by atoms with van der Waals surface area (Å²) in [6.07, 6.45) is 2.67. The van der Waals surface area contributed by atoms with Crippen LogP contribution in [-0.2, 0) is 6.54 Å². The number of rotatable bonds is 3. The van der Waals surface area contributed by atoms with Gasteiger partial charge in [0.05, 0.1) is 6.10 Å². The maximum Gasteiger partial charge on any atom is 0.0621 e. The van der Waals surface area contributed by atoms with Crippen molar-refractivity contribution in [2.45, 2.75) is 39.0 Å². The lowest BCUT2D eigenvalue weighted by atomic mass is 9.64. The Hall–Kier alpha value is -1.03. The first-order chi connectivity index (χ1) is 8.98. The van der Waals surface area contributed by atoms with Crippen molar-refractivity contribution in [3.8, 4) is 0 Å². The molecule has 4 heteroatoms. The highest BCUT2D eigenvalue weighted by Gasteiger charge is 2.46. The van der Waals surface area contributed by atoms with E-state index in [9.17, 15) is 5.11 Å². The predicted molar refractivity (Wildman–Crippen MR) is 78.3 cm³/mol. The number of hydrogen-bond donors (Lipinski definition) is 3. The molecule has 1 aliphatic rings. The molecule has 102 valence electrons. The van der Waals surface area contributed by atoms with Crippen molar-refractivity contribution in [2.24, 2.45) is 5.41 Å². The SMILES string of the molecule is CC1(C)C(O)CC1NCc1c[nH]c2cc(Cl)ccc12. The Morgan fingerprint density at radius 2 is 2.26 bits per heavy atom. The van der Waals surface area contributed by atoms with Gasteiger partial charge in [-0.05, 0) is 24.1 Å². The van der Waals surface area contributed by atoms with Crippen LogP contribution in [0.4, 0.5) is 0 Å². The number of aromatic nitrogens is 1. The fourth-order valence-corrected chi connectivity index (χ4v) is 2.96. The fraction of sp³-hybridized carbons (Fsp3) is 0.467. The molecule has 2 atom stereocenters. The van der Waals surface area contributed by atoms with Gasteiger partial charge in [-0.15, -0.1) is 0 Å². The van der Waals surface area contributed by atoms with E-state index in [0.717, 1.165) is 23.5 Å². The number of halogens is 1. The van der Waals surface area contributed by atoms with E-state index in [4.69, 9.17) is 11.6 Å². The van der Waals surface area contributed by atoms with Gasteiger partial charge in [0.1, 0.15) is 0 Å². The average Bonchev–Trinajstić information content (AvgIpc) is 2.76. The zero-order valence-corrected chi connectivity index (χ0v) is 12.0. The van der Waals surface area contributed by atoms with Crippen LogP contribution in [0.3, 0.4) is 0 Å². The summed E-state index contributed by atoms with van der Waals surface area (Å²) in [5.41, 5.74) is 2.27. The summed E-state index contributed by atoms with van der Waals surface area (Å²) in [6.45, 7) is 5.02. The van der Waals surface area contributed by atoms with E-state index < -0.39 is 0 Å². The number of nitrogens with one attached hydrogen (secondary N) is 2. The number of H-pyrrole nitrogens is 1. The van der Waals surface area contributed by atoms with Crippen molar-refractivity contribution in [1.82, 2.24) is 10.3 Å². The minimum atomic E-state index is -0.188. The maximum atomic E-state index is 9.74. The monoisotopic (exact) mass is 278 g/mol. The predicted octanol–water partition coefficient (Wildman–Crippen LogP) is 3.07. The van der Waals surface area contributed by atoms with Crippen molar-refractivity contribution in [1.29, 1.82) is 0 Å². The van der Waals surface area contributed by atoms with Crippen LogP contribution in [0.15, 0.2) is 24.4 Å². The molecule has 1 aromatic heterocycles. The Balaban J connectivity index is 1.73. The van der Waals surface area contributed by atoms with Gasteiger partial charge in [0.25, 0.3) is 0 Å². The molecule has 2 aromatic rings. The van der Waals surface area contributed by atoms with E-state index in [1.165, 1.54) is 10.9 Å². The molecular weight excluding hydrogens is 260 g/mol. The van der Waals surface area contributed by atoms with E-state index in [1.54, 1.807) is 0 Å². The molecule has 0 radical (unpaired) electrons. The van der Waals surface area contributed by atoms with Crippen molar-refractivity contribution >= 4 is 22.5 Å². The quantitative estimate of drug-likeness (QED) is 0.808. The second-order valence-corrected chi connectivity index (χ2v) is 6.45. The molecule has 0 bridgehead atoms. The lowest BCUT2D eigenvalue weighted by Gasteiger charge is -2.49. The van der Waals surface area contributed by atoms with Crippen LogP contribution in [0.2, 0.25) is 5.02 Å². The van der Waals surface area contributed by atoms with Crippen molar-refractivity contribution in [3.05, 3.63) is 35.0 Å². The molecule has 1 saturated carbocycles. The Morgan fingerprint density at radius 3 is 2.95 bits per heavy atom. The summed E-state index contributed by atoms with van der Waals surface area (Å²) in [5.74, 6) is 0. The first-order valence-corrected chi connectivity index (χ1v) is 7.03. The first kappa shape index (κ1) is 13.0. The zero-order valence-electron chi connectivity index (χ0n) is 11.2. The number of aliphatic hydroxyl groups is 1. The molecule has 0 amide bonds. The Kier molecular flexibility index (Phi) is 3.08. The van der Waals surface area contributed by atoms with Crippen LogP contribution in [0.1, 0.15) is 25.8 Å². The fourth-order valence-electron chi connectivity index (χ4n) is 2.79. The smallest absolute Gasteiger partial charge is 0.0621 e. The molecule has 1 aromatic carbocycles. The Morgan fingerprint density at radius 1 is 1.47 bits per heavy atom. The lowest BCUT2D eigenvalue weighted by molar-refractivity contribution is -0.0729. The van der Waals surface area contributed by atoms with Gasteiger partial charge in [-0.2, -0.15) is 0 Å². The third kappa shape index (κ3) is 2.16. The molecule has 3 N–H and O–H groups in total. The minimum absolute atomic E-state index is 0.0323. The number of benzene rings is 1. The zero-order chi connectivity index (χ0) is 13.6. The second-order valence-electron chi connectivity index (χ2n) is 6.01. The van der Waals surface area contributed by atoms with Gasteiger partial charge >= 0.3 is 0 Å². The van der Waals surface area contributed by atoms with Gasteiger partial charge in [-0.3, -0.25) is 0 Å². The molecule has 1 heterocycles. The minimum Gasteiger partial charge on any atom is -0.392 e. The molecule has 19 heavy (non-hydrogen) atoms. The second kappa shape index (κ2) is 4.51. The van der Waals surface area contributed by atoms with Crippen LogP contribution in [0, 0.1) is 5.41 Å². The van der Waals surface area contributed by atoms with Crippen LogP contribution in [0.25, 0.3) is 10.9 Å². The summed E-state index contributed by atoms with van der Waals surface area (Å²) < 4.78 is 0. The van der Waals surface area contributed by atoms with Crippen LogP contribution < -0.4 is 5.32 Å². The van der Waals surface area contributed by atoms with Gasteiger partial charge in [-0.1, -0.05) is 31.5 Å². The van der Waals surface area contributed by atoms with Gasteiger partial charge < -0.3 is 15.4 Å². The first-order valence-electron chi connectivity index (χ1n) is 6.65. The van der Waals surface area contributed by atoms with E-state index in [0.29, 0.717) is 6.04 Å². The average molecular weight is 279 g/mol. The van der Waals surface area contributed by atoms with Gasteiger partial charge in [-0.25, -0.2) is 0 Å². The van der Waals surface area contributed by atoms with Gasteiger partial charge in [0.2, 0.25) is 0 Å². The topological polar surface area (TPSA) is 48.0 Å². The molecule has 1 aliphatic carbocycles. The molecule has 1 fully saturated rings. The van der Waals surface area contributed by atoms with Crippen LogP contribution >= 0.6 is 11.6 Å². The molecule has 2 unspecified atom stereocenters. The van der Waals surface area contributed by atoms with E-state index in [-0.39, 0.29) is 11.5 Å². The number of aliphatic hydroxyl groups excluding tert-OH is 1. The summed E-state index contributed by atoms with van der Waals surface area (Å²) in [7, 11) is 0. The van der Waals surface area contributed by atoms with Crippen LogP contribution in [-0.4, -0.2) is 22.2 Å². The molecule has 3 rings (SSSR count). The van der Waals surface area contributed by atoms with E-state index in [1.807, 2.05) is 24.4 Å².